The Kier molecular flexibility index (Phi) is 3.04. The molecule has 0 aromatic heterocycles. The number of aryl methyl sites for hydroxylation is 1. The van der Waals surface area contributed by atoms with E-state index in [2.05, 4.69) is 0 Å². The van der Waals surface area contributed by atoms with Gasteiger partial charge < -0.3 is 9.47 Å². The van der Waals surface area contributed by atoms with Crippen molar-refractivity contribution < 1.29 is 9.47 Å². The molecule has 0 heterocycles. The lowest BCUT2D eigenvalue weighted by Gasteiger charge is -2.22. The third-order valence-electron chi connectivity index (χ3n) is 1.74. The Morgan fingerprint density at radius 3 is 2.21 bits per heavy atom. The van der Waals surface area contributed by atoms with Crippen LogP contribution in [0.15, 0.2) is 18.2 Å². The SMILES string of the molecule is COc1cc(C)ccc1OC(C)(C)C. The van der Waals surface area contributed by atoms with E-state index in [0.29, 0.717) is 0 Å². The third-order valence-corrected chi connectivity index (χ3v) is 1.74. The number of hydrogen-bond donors (Lipinski definition) is 0. The minimum atomic E-state index is -0.192. The van der Waals surface area contributed by atoms with Crippen LogP contribution in [0.5, 0.6) is 11.5 Å². The second-order valence-electron chi connectivity index (χ2n) is 4.37. The van der Waals surface area contributed by atoms with Crippen LogP contribution < -0.4 is 9.47 Å². The standard InChI is InChI=1S/C12H18O2/c1-9-6-7-10(11(8-9)13-5)14-12(2,3)4/h6-8H,1-5H3. The van der Waals surface area contributed by atoms with Gasteiger partial charge >= 0.3 is 0 Å². The van der Waals surface area contributed by atoms with Crippen molar-refractivity contribution in [3.8, 4) is 11.5 Å². The fourth-order valence-electron chi connectivity index (χ4n) is 1.19. The minimum absolute atomic E-state index is 0.192. The zero-order chi connectivity index (χ0) is 10.8. The van der Waals surface area contributed by atoms with Crippen LogP contribution in [-0.2, 0) is 0 Å². The maximum atomic E-state index is 5.75. The molecule has 78 valence electrons. The lowest BCUT2D eigenvalue weighted by molar-refractivity contribution is 0.125. The van der Waals surface area contributed by atoms with Gasteiger partial charge in [0.2, 0.25) is 0 Å². The molecular formula is C12H18O2. The maximum Gasteiger partial charge on any atom is 0.161 e. The van der Waals surface area contributed by atoms with Crippen LogP contribution in [0.3, 0.4) is 0 Å². The molecular weight excluding hydrogens is 176 g/mol. The van der Waals surface area contributed by atoms with Gasteiger partial charge in [-0.3, -0.25) is 0 Å². The van der Waals surface area contributed by atoms with Crippen LogP contribution >= 0.6 is 0 Å². The van der Waals surface area contributed by atoms with Crippen LogP contribution in [0.1, 0.15) is 26.3 Å². The summed E-state index contributed by atoms with van der Waals surface area (Å²) in [6, 6.07) is 5.93. The summed E-state index contributed by atoms with van der Waals surface area (Å²) in [6.45, 7) is 8.09. The quantitative estimate of drug-likeness (QED) is 0.720. The molecule has 1 aromatic rings. The van der Waals surface area contributed by atoms with Crippen LogP contribution in [-0.4, -0.2) is 12.7 Å². The van der Waals surface area contributed by atoms with E-state index in [1.807, 2.05) is 45.9 Å². The second kappa shape index (κ2) is 3.91. The van der Waals surface area contributed by atoms with Crippen molar-refractivity contribution >= 4 is 0 Å². The molecule has 0 saturated heterocycles. The van der Waals surface area contributed by atoms with Crippen LogP contribution in [0.2, 0.25) is 0 Å². The Balaban J connectivity index is 2.97. The Labute approximate surface area is 85.8 Å². The Hall–Kier alpha value is -1.18. The van der Waals surface area contributed by atoms with Crippen LogP contribution in [0.4, 0.5) is 0 Å². The monoisotopic (exact) mass is 194 g/mol. The summed E-state index contributed by atoms with van der Waals surface area (Å²) < 4.78 is 11.0. The fraction of sp³-hybridized carbons (Fsp3) is 0.500. The van der Waals surface area contributed by atoms with Gasteiger partial charge in [0, 0.05) is 0 Å². The minimum Gasteiger partial charge on any atom is -0.493 e. The first-order valence-electron chi connectivity index (χ1n) is 4.76. The van der Waals surface area contributed by atoms with Crippen molar-refractivity contribution in [2.75, 3.05) is 7.11 Å². The van der Waals surface area contributed by atoms with E-state index in [4.69, 9.17) is 9.47 Å². The molecule has 0 unspecified atom stereocenters. The van der Waals surface area contributed by atoms with E-state index in [9.17, 15) is 0 Å². The van der Waals surface area contributed by atoms with E-state index in [1.54, 1.807) is 7.11 Å². The summed E-state index contributed by atoms with van der Waals surface area (Å²) >= 11 is 0. The van der Waals surface area contributed by atoms with E-state index in [0.717, 1.165) is 11.5 Å². The molecule has 0 saturated carbocycles. The number of ether oxygens (including phenoxy) is 2. The molecule has 0 amide bonds. The third kappa shape index (κ3) is 2.95. The second-order valence-corrected chi connectivity index (χ2v) is 4.37. The number of methoxy groups -OCH3 is 1. The molecule has 2 nitrogen and oxygen atoms in total. The average molecular weight is 194 g/mol. The van der Waals surface area contributed by atoms with E-state index in [-0.39, 0.29) is 5.60 Å². The maximum absolute atomic E-state index is 5.75. The van der Waals surface area contributed by atoms with Gasteiger partial charge in [-0.05, 0) is 45.4 Å². The highest BCUT2D eigenvalue weighted by Crippen LogP contribution is 2.30. The topological polar surface area (TPSA) is 18.5 Å². The summed E-state index contributed by atoms with van der Waals surface area (Å²) in [4.78, 5) is 0. The molecule has 0 bridgehead atoms. The molecule has 0 radical (unpaired) electrons. The highest BCUT2D eigenvalue weighted by Gasteiger charge is 2.14. The normalized spacial score (nSPS) is 11.2. The van der Waals surface area contributed by atoms with Gasteiger partial charge in [0.1, 0.15) is 5.60 Å². The highest BCUT2D eigenvalue weighted by molar-refractivity contribution is 5.42. The van der Waals surface area contributed by atoms with Crippen molar-refractivity contribution in [3.63, 3.8) is 0 Å². The van der Waals surface area contributed by atoms with Crippen molar-refractivity contribution in [2.45, 2.75) is 33.3 Å². The lowest BCUT2D eigenvalue weighted by atomic mass is 10.1. The molecule has 0 atom stereocenters. The molecule has 0 spiro atoms. The molecule has 0 fully saturated rings. The first-order chi connectivity index (χ1) is 6.42. The van der Waals surface area contributed by atoms with Crippen LogP contribution in [0, 0.1) is 6.92 Å². The Morgan fingerprint density at radius 1 is 1.07 bits per heavy atom. The van der Waals surface area contributed by atoms with E-state index >= 15 is 0 Å². The van der Waals surface area contributed by atoms with Gasteiger partial charge in [-0.1, -0.05) is 6.07 Å². The lowest BCUT2D eigenvalue weighted by Crippen LogP contribution is -2.23. The van der Waals surface area contributed by atoms with Gasteiger partial charge in [0.25, 0.3) is 0 Å². The van der Waals surface area contributed by atoms with Crippen molar-refractivity contribution in [1.29, 1.82) is 0 Å². The predicted octanol–water partition coefficient (Wildman–Crippen LogP) is 3.18. The fourth-order valence-corrected chi connectivity index (χ4v) is 1.19. The zero-order valence-electron chi connectivity index (χ0n) is 9.55. The summed E-state index contributed by atoms with van der Waals surface area (Å²) in [6.07, 6.45) is 0. The first-order valence-corrected chi connectivity index (χ1v) is 4.76. The summed E-state index contributed by atoms with van der Waals surface area (Å²) in [5.74, 6) is 1.59. The molecule has 0 N–H and O–H groups in total. The summed E-state index contributed by atoms with van der Waals surface area (Å²) in [5.41, 5.74) is 0.978. The van der Waals surface area contributed by atoms with Gasteiger partial charge in [0.15, 0.2) is 11.5 Å². The largest absolute Gasteiger partial charge is 0.493 e. The average Bonchev–Trinajstić information content (AvgIpc) is 2.06. The zero-order valence-corrected chi connectivity index (χ0v) is 9.55. The molecule has 0 aliphatic rings. The Morgan fingerprint density at radius 2 is 1.71 bits per heavy atom. The van der Waals surface area contributed by atoms with Crippen molar-refractivity contribution in [1.82, 2.24) is 0 Å². The molecule has 1 aromatic carbocycles. The van der Waals surface area contributed by atoms with Gasteiger partial charge in [-0.2, -0.15) is 0 Å². The molecule has 0 aliphatic carbocycles. The molecule has 1 rings (SSSR count). The highest BCUT2D eigenvalue weighted by atomic mass is 16.5. The van der Waals surface area contributed by atoms with Crippen molar-refractivity contribution in [3.05, 3.63) is 23.8 Å². The first kappa shape index (κ1) is 10.9. The number of rotatable bonds is 2. The summed E-state index contributed by atoms with van der Waals surface area (Å²) in [5, 5.41) is 0. The Bertz CT molecular complexity index is 311. The van der Waals surface area contributed by atoms with E-state index in [1.165, 1.54) is 5.56 Å². The predicted molar refractivity (Wildman–Crippen MR) is 58.1 cm³/mol. The van der Waals surface area contributed by atoms with E-state index < -0.39 is 0 Å². The summed E-state index contributed by atoms with van der Waals surface area (Å²) in [7, 11) is 1.66. The van der Waals surface area contributed by atoms with Gasteiger partial charge in [0.05, 0.1) is 7.11 Å². The molecule has 0 aliphatic heterocycles. The van der Waals surface area contributed by atoms with Gasteiger partial charge in [-0.15, -0.1) is 0 Å². The van der Waals surface area contributed by atoms with Crippen molar-refractivity contribution in [2.24, 2.45) is 0 Å². The number of hydrogen-bond acceptors (Lipinski definition) is 2. The van der Waals surface area contributed by atoms with Crippen LogP contribution in [0.25, 0.3) is 0 Å². The molecule has 2 heteroatoms. The van der Waals surface area contributed by atoms with Gasteiger partial charge in [-0.25, -0.2) is 0 Å². The molecule has 14 heavy (non-hydrogen) atoms. The number of benzene rings is 1. The smallest absolute Gasteiger partial charge is 0.161 e.